The van der Waals surface area contributed by atoms with E-state index in [0.29, 0.717) is 16.8 Å². The van der Waals surface area contributed by atoms with E-state index in [9.17, 15) is 13.2 Å². The molecule has 0 radical (unpaired) electrons. The molecule has 2 aromatic carbocycles. The molecule has 0 fully saturated rings. The second kappa shape index (κ2) is 7.98. The lowest BCUT2D eigenvalue weighted by atomic mass is 10.1. The van der Waals surface area contributed by atoms with Crippen molar-refractivity contribution in [1.82, 2.24) is 4.72 Å². The Kier molecular flexibility index (Phi) is 5.79. The Morgan fingerprint density at radius 2 is 1.83 bits per heavy atom. The van der Waals surface area contributed by atoms with Gasteiger partial charge in [0.05, 0.1) is 11.5 Å². The van der Waals surface area contributed by atoms with Crippen LogP contribution in [-0.4, -0.2) is 27.0 Å². The smallest absolute Gasteiger partial charge is 0.291 e. The zero-order valence-corrected chi connectivity index (χ0v) is 17.6. The number of methoxy groups -OCH3 is 1. The molecule has 29 heavy (non-hydrogen) atoms. The second-order valence-electron chi connectivity index (χ2n) is 7.68. The van der Waals surface area contributed by atoms with Crippen LogP contribution < -0.4 is 10.0 Å². The molecular weight excluding hydrogens is 392 g/mol. The van der Waals surface area contributed by atoms with Gasteiger partial charge in [-0.2, -0.15) is 0 Å². The number of furan rings is 1. The predicted molar refractivity (Wildman–Crippen MR) is 111 cm³/mol. The first kappa shape index (κ1) is 21.0. The van der Waals surface area contributed by atoms with Crippen LogP contribution in [-0.2, 0) is 21.4 Å². The molecule has 0 saturated heterocycles. The van der Waals surface area contributed by atoms with Crippen LogP contribution in [0.15, 0.2) is 57.8 Å². The van der Waals surface area contributed by atoms with Crippen LogP contribution in [0.4, 0.5) is 5.69 Å². The van der Waals surface area contributed by atoms with Gasteiger partial charge in [-0.3, -0.25) is 4.79 Å². The maximum Gasteiger partial charge on any atom is 0.291 e. The zero-order valence-electron chi connectivity index (χ0n) is 16.8. The second-order valence-corrected chi connectivity index (χ2v) is 9.36. The van der Waals surface area contributed by atoms with Crippen LogP contribution >= 0.6 is 0 Å². The number of hydrogen-bond acceptors (Lipinski definition) is 5. The Morgan fingerprint density at radius 1 is 1.10 bits per heavy atom. The number of ether oxygens (including phenoxy) is 1. The van der Waals surface area contributed by atoms with Gasteiger partial charge in [-0.05, 0) is 45.0 Å². The van der Waals surface area contributed by atoms with Gasteiger partial charge in [-0.1, -0.05) is 24.3 Å². The molecule has 0 spiro atoms. The molecule has 7 nitrogen and oxygen atoms in total. The molecule has 3 rings (SSSR count). The lowest BCUT2D eigenvalue weighted by Crippen LogP contribution is -2.40. The maximum absolute atomic E-state index is 12.8. The Morgan fingerprint density at radius 3 is 2.52 bits per heavy atom. The van der Waals surface area contributed by atoms with E-state index in [0.717, 1.165) is 5.39 Å². The number of fused-ring (bicyclic) bond motifs is 1. The van der Waals surface area contributed by atoms with E-state index in [1.54, 1.807) is 46.1 Å². The number of para-hydroxylation sites is 1. The first-order valence-corrected chi connectivity index (χ1v) is 10.5. The summed E-state index contributed by atoms with van der Waals surface area (Å²) >= 11 is 0. The van der Waals surface area contributed by atoms with Crippen LogP contribution in [0.3, 0.4) is 0 Å². The number of sulfonamides is 1. The molecule has 8 heteroatoms. The molecule has 0 saturated carbocycles. The normalized spacial score (nSPS) is 12.3. The highest BCUT2D eigenvalue weighted by atomic mass is 32.2. The third-order valence-corrected chi connectivity index (χ3v) is 5.79. The molecule has 0 bridgehead atoms. The molecule has 0 unspecified atom stereocenters. The summed E-state index contributed by atoms with van der Waals surface area (Å²) in [7, 11) is -2.18. The fourth-order valence-electron chi connectivity index (χ4n) is 2.96. The number of hydrogen-bond donors (Lipinski definition) is 2. The lowest BCUT2D eigenvalue weighted by Gasteiger charge is -2.20. The van der Waals surface area contributed by atoms with E-state index in [1.807, 2.05) is 18.2 Å². The van der Waals surface area contributed by atoms with Crippen molar-refractivity contribution in [3.63, 3.8) is 0 Å². The fourth-order valence-corrected chi connectivity index (χ4v) is 4.42. The van der Waals surface area contributed by atoms with E-state index in [2.05, 4.69) is 10.0 Å². The summed E-state index contributed by atoms with van der Waals surface area (Å²) in [5.41, 5.74) is 0.936. The fraction of sp³-hybridized carbons (Fsp3) is 0.286. The lowest BCUT2D eigenvalue weighted by molar-refractivity contribution is 0.0992. The summed E-state index contributed by atoms with van der Waals surface area (Å²) in [6, 6.07) is 13.4. The summed E-state index contributed by atoms with van der Waals surface area (Å²) in [6.45, 7) is 5.49. The zero-order chi connectivity index (χ0) is 21.2. The maximum atomic E-state index is 12.8. The molecule has 1 amide bonds. The van der Waals surface area contributed by atoms with E-state index in [4.69, 9.17) is 9.15 Å². The molecule has 0 aliphatic heterocycles. The summed E-state index contributed by atoms with van der Waals surface area (Å²) in [6.07, 6.45) is 0. The van der Waals surface area contributed by atoms with Crippen molar-refractivity contribution in [3.8, 4) is 0 Å². The first-order valence-electron chi connectivity index (χ1n) is 9.05. The molecule has 0 atom stereocenters. The minimum absolute atomic E-state index is 0.0620. The molecule has 0 aliphatic rings. The van der Waals surface area contributed by atoms with Crippen molar-refractivity contribution < 1.29 is 22.4 Å². The summed E-state index contributed by atoms with van der Waals surface area (Å²) in [5.74, 6) is -0.347. The molecule has 1 aromatic heterocycles. The van der Waals surface area contributed by atoms with Crippen molar-refractivity contribution in [2.45, 2.75) is 37.8 Å². The number of carbonyl (C=O) groups is 1. The highest BCUT2D eigenvalue weighted by Crippen LogP contribution is 2.27. The minimum Gasteiger partial charge on any atom is -0.451 e. The van der Waals surface area contributed by atoms with Crippen molar-refractivity contribution >= 4 is 32.6 Å². The van der Waals surface area contributed by atoms with E-state index in [-0.39, 0.29) is 17.3 Å². The summed E-state index contributed by atoms with van der Waals surface area (Å²) in [5, 5.41) is 3.51. The van der Waals surface area contributed by atoms with E-state index < -0.39 is 21.5 Å². The summed E-state index contributed by atoms with van der Waals surface area (Å²) < 4.78 is 38.6. The van der Waals surface area contributed by atoms with Gasteiger partial charge in [0, 0.05) is 29.3 Å². The summed E-state index contributed by atoms with van der Waals surface area (Å²) in [4.78, 5) is 12.9. The predicted octanol–water partition coefficient (Wildman–Crippen LogP) is 3.91. The number of nitrogens with one attached hydrogen (secondary N) is 2. The van der Waals surface area contributed by atoms with Crippen LogP contribution in [0.1, 0.15) is 36.9 Å². The van der Waals surface area contributed by atoms with Crippen molar-refractivity contribution in [3.05, 3.63) is 59.9 Å². The highest BCUT2D eigenvalue weighted by molar-refractivity contribution is 7.89. The molecule has 154 valence electrons. The number of benzene rings is 2. The number of rotatable bonds is 6. The molecular formula is C21H24N2O5S. The van der Waals surface area contributed by atoms with Crippen LogP contribution in [0.5, 0.6) is 0 Å². The topological polar surface area (TPSA) is 97.6 Å². The Labute approximate surface area is 170 Å². The molecule has 1 heterocycles. The standard InChI is InChI=1S/C21H24N2O5S/c1-21(2,3)23-29(25,26)15-9-7-8-14(12-15)22-20(24)19-17(13-27-4)16-10-5-6-11-18(16)28-19/h5-12,23H,13H2,1-4H3,(H,22,24). The third-order valence-electron chi connectivity index (χ3n) is 4.04. The molecule has 3 aromatic rings. The number of amides is 1. The van der Waals surface area contributed by atoms with Crippen molar-refractivity contribution in [2.24, 2.45) is 0 Å². The van der Waals surface area contributed by atoms with Crippen LogP contribution in [0, 0.1) is 0 Å². The Bertz CT molecular complexity index is 1140. The number of anilines is 1. The first-order chi connectivity index (χ1) is 13.6. The quantitative estimate of drug-likeness (QED) is 0.635. The van der Waals surface area contributed by atoms with Gasteiger partial charge in [0.1, 0.15) is 5.58 Å². The number of carbonyl (C=O) groups excluding carboxylic acids is 1. The van der Waals surface area contributed by atoms with Gasteiger partial charge in [0.2, 0.25) is 10.0 Å². The average Bonchev–Trinajstić information content (AvgIpc) is 2.99. The van der Waals surface area contributed by atoms with Crippen molar-refractivity contribution in [1.29, 1.82) is 0 Å². The Hall–Kier alpha value is -2.68. The van der Waals surface area contributed by atoms with Crippen molar-refractivity contribution in [2.75, 3.05) is 12.4 Å². The van der Waals surface area contributed by atoms with E-state index in [1.165, 1.54) is 12.1 Å². The molecule has 0 aliphatic carbocycles. The van der Waals surface area contributed by atoms with Gasteiger partial charge in [-0.25, -0.2) is 13.1 Å². The average molecular weight is 416 g/mol. The third kappa shape index (κ3) is 4.84. The monoisotopic (exact) mass is 416 g/mol. The van der Waals surface area contributed by atoms with E-state index >= 15 is 0 Å². The SMILES string of the molecule is COCc1c(C(=O)Nc2cccc(S(=O)(=O)NC(C)(C)C)c2)oc2ccccc12. The largest absolute Gasteiger partial charge is 0.451 e. The van der Waals surface area contributed by atoms with Crippen LogP contribution in [0.25, 0.3) is 11.0 Å². The van der Waals surface area contributed by atoms with Gasteiger partial charge in [-0.15, -0.1) is 0 Å². The highest BCUT2D eigenvalue weighted by Gasteiger charge is 2.24. The Balaban J connectivity index is 1.91. The molecule has 2 N–H and O–H groups in total. The van der Waals surface area contributed by atoms with Gasteiger partial charge < -0.3 is 14.5 Å². The van der Waals surface area contributed by atoms with Gasteiger partial charge >= 0.3 is 0 Å². The van der Waals surface area contributed by atoms with Gasteiger partial charge in [0.15, 0.2) is 5.76 Å². The van der Waals surface area contributed by atoms with Gasteiger partial charge in [0.25, 0.3) is 5.91 Å². The van der Waals surface area contributed by atoms with Crippen LogP contribution in [0.2, 0.25) is 0 Å². The minimum atomic E-state index is -3.72.